The number of amides is 2. The summed E-state index contributed by atoms with van der Waals surface area (Å²) in [5.41, 5.74) is 1.90. The number of anilines is 1. The summed E-state index contributed by atoms with van der Waals surface area (Å²) in [6.45, 7) is 3.64. The summed E-state index contributed by atoms with van der Waals surface area (Å²) >= 11 is 5.72. The van der Waals surface area contributed by atoms with Crippen molar-refractivity contribution in [3.05, 3.63) is 53.6 Å². The van der Waals surface area contributed by atoms with Crippen LogP contribution in [0, 0.1) is 5.92 Å². The summed E-state index contributed by atoms with van der Waals surface area (Å²) in [5.74, 6) is 0.473. The third kappa shape index (κ3) is 4.91. The molecule has 24 heavy (non-hydrogen) atoms. The van der Waals surface area contributed by atoms with Gasteiger partial charge in [-0.05, 0) is 48.7 Å². The number of urea groups is 1. The van der Waals surface area contributed by atoms with Crippen molar-refractivity contribution in [2.75, 3.05) is 25.0 Å². The van der Waals surface area contributed by atoms with Gasteiger partial charge in [0.25, 0.3) is 0 Å². The van der Waals surface area contributed by atoms with Crippen molar-refractivity contribution in [3.63, 3.8) is 0 Å². The minimum absolute atomic E-state index is 0.216. The first-order chi connectivity index (χ1) is 11.7. The van der Waals surface area contributed by atoms with Crippen LogP contribution >= 0.6 is 11.6 Å². The Bertz CT molecular complexity index is 664. The number of likely N-dealkylation sites (tertiary alicyclic amines) is 1. The van der Waals surface area contributed by atoms with Gasteiger partial charge in [0, 0.05) is 32.0 Å². The number of aromatic nitrogens is 2. The molecule has 7 heteroatoms. The van der Waals surface area contributed by atoms with E-state index >= 15 is 0 Å². The van der Waals surface area contributed by atoms with Gasteiger partial charge in [-0.1, -0.05) is 11.6 Å². The van der Waals surface area contributed by atoms with Crippen LogP contribution in [0.3, 0.4) is 0 Å². The number of halogens is 1. The second kappa shape index (κ2) is 8.08. The average molecular weight is 346 g/mol. The maximum absolute atomic E-state index is 11.9. The van der Waals surface area contributed by atoms with Crippen LogP contribution in [0.25, 0.3) is 0 Å². The summed E-state index contributed by atoms with van der Waals surface area (Å²) in [7, 11) is 0. The molecular weight excluding hydrogens is 326 g/mol. The van der Waals surface area contributed by atoms with E-state index in [9.17, 15) is 4.79 Å². The summed E-state index contributed by atoms with van der Waals surface area (Å²) < 4.78 is 0. The zero-order chi connectivity index (χ0) is 16.8. The predicted octanol–water partition coefficient (Wildman–Crippen LogP) is 2.77. The van der Waals surface area contributed by atoms with Crippen molar-refractivity contribution in [2.45, 2.75) is 13.0 Å². The number of nitrogens with one attached hydrogen (secondary N) is 2. The van der Waals surface area contributed by atoms with Crippen molar-refractivity contribution in [1.29, 1.82) is 0 Å². The summed E-state index contributed by atoms with van der Waals surface area (Å²) in [4.78, 5) is 22.3. The molecular formula is C17H20ClN5O. The molecule has 3 heterocycles. The van der Waals surface area contributed by atoms with E-state index < -0.39 is 0 Å². The Morgan fingerprint density at radius 2 is 2.12 bits per heavy atom. The van der Waals surface area contributed by atoms with E-state index in [0.717, 1.165) is 26.1 Å². The topological polar surface area (TPSA) is 70.2 Å². The molecule has 0 aromatic carbocycles. The van der Waals surface area contributed by atoms with Crippen molar-refractivity contribution in [1.82, 2.24) is 20.2 Å². The molecule has 1 atom stereocenters. The number of carbonyl (C=O) groups excluding carboxylic acids is 1. The minimum atomic E-state index is -0.216. The Kier molecular flexibility index (Phi) is 5.61. The third-order valence-electron chi connectivity index (χ3n) is 4.06. The lowest BCUT2D eigenvalue weighted by atomic mass is 10.1. The van der Waals surface area contributed by atoms with Crippen LogP contribution in [0.4, 0.5) is 10.5 Å². The Morgan fingerprint density at radius 1 is 1.29 bits per heavy atom. The molecule has 0 spiro atoms. The quantitative estimate of drug-likeness (QED) is 0.817. The molecule has 1 aliphatic rings. The molecule has 2 aromatic heterocycles. The van der Waals surface area contributed by atoms with E-state index in [1.807, 2.05) is 24.5 Å². The average Bonchev–Trinajstić information content (AvgIpc) is 3.03. The first kappa shape index (κ1) is 16.7. The van der Waals surface area contributed by atoms with Crippen LogP contribution < -0.4 is 10.6 Å². The molecule has 126 valence electrons. The Morgan fingerprint density at radius 3 is 2.88 bits per heavy atom. The molecule has 1 fully saturated rings. The molecule has 3 rings (SSSR count). The lowest BCUT2D eigenvalue weighted by Gasteiger charge is -2.16. The van der Waals surface area contributed by atoms with E-state index in [1.54, 1.807) is 12.1 Å². The van der Waals surface area contributed by atoms with E-state index in [2.05, 4.69) is 25.5 Å². The third-order valence-corrected chi connectivity index (χ3v) is 4.29. The fourth-order valence-electron chi connectivity index (χ4n) is 2.83. The largest absolute Gasteiger partial charge is 0.338 e. The first-order valence-electron chi connectivity index (χ1n) is 7.97. The fourth-order valence-corrected chi connectivity index (χ4v) is 2.94. The molecule has 0 radical (unpaired) electrons. The smallest absolute Gasteiger partial charge is 0.319 e. The number of hydrogen-bond acceptors (Lipinski definition) is 4. The van der Waals surface area contributed by atoms with Crippen LogP contribution in [0.1, 0.15) is 12.0 Å². The number of pyridine rings is 2. The standard InChI is InChI=1S/C17H20ClN5O/c18-16-2-1-15(10-20-16)22-17(24)21-9-14-5-8-23(12-14)11-13-3-6-19-7-4-13/h1-4,6-7,10,14H,5,8-9,11-12H2,(H2,21,22,24)/t14-/m0/s1. The molecule has 2 N–H and O–H groups in total. The zero-order valence-electron chi connectivity index (χ0n) is 13.3. The van der Waals surface area contributed by atoms with Crippen LogP contribution in [0.15, 0.2) is 42.9 Å². The van der Waals surface area contributed by atoms with Crippen LogP contribution in [-0.4, -0.2) is 40.5 Å². The predicted molar refractivity (Wildman–Crippen MR) is 93.9 cm³/mol. The Balaban J connectivity index is 1.39. The molecule has 0 unspecified atom stereocenters. The van der Waals surface area contributed by atoms with E-state index in [4.69, 9.17) is 11.6 Å². The van der Waals surface area contributed by atoms with Gasteiger partial charge in [0.15, 0.2) is 0 Å². The number of rotatable bonds is 5. The van der Waals surface area contributed by atoms with Gasteiger partial charge in [0.1, 0.15) is 5.15 Å². The van der Waals surface area contributed by atoms with Crippen LogP contribution in [-0.2, 0) is 6.54 Å². The normalized spacial score (nSPS) is 17.6. The first-order valence-corrected chi connectivity index (χ1v) is 8.34. The maximum atomic E-state index is 11.9. The van der Waals surface area contributed by atoms with Crippen molar-refractivity contribution in [2.24, 2.45) is 5.92 Å². The van der Waals surface area contributed by atoms with Gasteiger partial charge in [-0.25, -0.2) is 9.78 Å². The van der Waals surface area contributed by atoms with E-state index in [1.165, 1.54) is 11.8 Å². The molecule has 0 bridgehead atoms. The SMILES string of the molecule is O=C(NC[C@@H]1CCN(Cc2ccncc2)C1)Nc1ccc(Cl)nc1. The van der Waals surface area contributed by atoms with Crippen molar-refractivity contribution >= 4 is 23.3 Å². The number of nitrogens with zero attached hydrogens (tertiary/aromatic N) is 3. The minimum Gasteiger partial charge on any atom is -0.338 e. The Labute approximate surface area is 146 Å². The molecule has 0 saturated carbocycles. The molecule has 1 saturated heterocycles. The second-order valence-corrected chi connectivity index (χ2v) is 6.34. The van der Waals surface area contributed by atoms with Gasteiger partial charge < -0.3 is 10.6 Å². The molecule has 6 nitrogen and oxygen atoms in total. The highest BCUT2D eigenvalue weighted by molar-refractivity contribution is 6.29. The molecule has 0 aliphatic carbocycles. The maximum Gasteiger partial charge on any atom is 0.319 e. The Hall–Kier alpha value is -2.18. The highest BCUT2D eigenvalue weighted by Gasteiger charge is 2.22. The highest BCUT2D eigenvalue weighted by atomic mass is 35.5. The number of carbonyl (C=O) groups is 1. The van der Waals surface area contributed by atoms with Gasteiger partial charge in [-0.15, -0.1) is 0 Å². The van der Waals surface area contributed by atoms with Crippen molar-refractivity contribution < 1.29 is 4.79 Å². The summed E-state index contributed by atoms with van der Waals surface area (Å²) in [5, 5.41) is 6.08. The highest BCUT2D eigenvalue weighted by Crippen LogP contribution is 2.18. The summed E-state index contributed by atoms with van der Waals surface area (Å²) in [6, 6.07) is 7.23. The van der Waals surface area contributed by atoms with Gasteiger partial charge in [0.2, 0.25) is 0 Å². The van der Waals surface area contributed by atoms with Crippen LogP contribution in [0.2, 0.25) is 5.15 Å². The van der Waals surface area contributed by atoms with Gasteiger partial charge in [-0.3, -0.25) is 9.88 Å². The molecule has 2 amide bonds. The lowest BCUT2D eigenvalue weighted by molar-refractivity contribution is 0.249. The number of hydrogen-bond donors (Lipinski definition) is 2. The lowest BCUT2D eigenvalue weighted by Crippen LogP contribution is -2.34. The molecule has 1 aliphatic heterocycles. The summed E-state index contributed by atoms with van der Waals surface area (Å²) in [6.07, 6.45) is 6.27. The molecule has 2 aromatic rings. The van der Waals surface area contributed by atoms with Crippen LogP contribution in [0.5, 0.6) is 0 Å². The van der Waals surface area contributed by atoms with E-state index in [-0.39, 0.29) is 6.03 Å². The monoisotopic (exact) mass is 345 g/mol. The van der Waals surface area contributed by atoms with Gasteiger partial charge >= 0.3 is 6.03 Å². The van der Waals surface area contributed by atoms with Gasteiger partial charge in [-0.2, -0.15) is 0 Å². The van der Waals surface area contributed by atoms with E-state index in [0.29, 0.717) is 23.3 Å². The second-order valence-electron chi connectivity index (χ2n) is 5.95. The van der Waals surface area contributed by atoms with Gasteiger partial charge in [0.05, 0.1) is 11.9 Å². The zero-order valence-corrected chi connectivity index (χ0v) is 14.0. The fraction of sp³-hybridized carbons (Fsp3) is 0.353. The van der Waals surface area contributed by atoms with Crippen molar-refractivity contribution in [3.8, 4) is 0 Å².